The van der Waals surface area contributed by atoms with Crippen molar-refractivity contribution in [2.75, 3.05) is 19.0 Å². The fraction of sp³-hybridized carbons (Fsp3) is 0.214. The molecule has 0 fully saturated rings. The van der Waals surface area contributed by atoms with Gasteiger partial charge in [0.2, 0.25) is 0 Å². The predicted octanol–water partition coefficient (Wildman–Crippen LogP) is 2.50. The Morgan fingerprint density at radius 2 is 2.41 bits per heavy atom. The zero-order valence-corrected chi connectivity index (χ0v) is 12.7. The van der Waals surface area contributed by atoms with Gasteiger partial charge in [-0.2, -0.15) is 5.10 Å². The van der Waals surface area contributed by atoms with Crippen molar-refractivity contribution in [1.29, 1.82) is 0 Å². The van der Waals surface area contributed by atoms with Gasteiger partial charge in [0.05, 0.1) is 18.0 Å². The van der Waals surface area contributed by atoms with Crippen molar-refractivity contribution < 1.29 is 14.1 Å². The minimum absolute atomic E-state index is 0.217. The monoisotopic (exact) mass is 318 g/mol. The van der Waals surface area contributed by atoms with Crippen molar-refractivity contribution in [1.82, 2.24) is 14.9 Å². The topological polar surface area (TPSA) is 82.2 Å². The summed E-state index contributed by atoms with van der Waals surface area (Å²) in [6.07, 6.45) is 1.77. The van der Waals surface area contributed by atoms with Gasteiger partial charge in [0.25, 0.3) is 5.91 Å². The van der Waals surface area contributed by atoms with E-state index in [1.54, 1.807) is 30.1 Å². The molecule has 1 amide bonds. The molecule has 0 aliphatic carbocycles. The van der Waals surface area contributed by atoms with Gasteiger partial charge in [-0.15, -0.1) is 11.3 Å². The van der Waals surface area contributed by atoms with Crippen LogP contribution in [0, 0.1) is 0 Å². The number of aromatic nitrogens is 3. The number of hydrogen-bond acceptors (Lipinski definition) is 6. The van der Waals surface area contributed by atoms with E-state index in [1.807, 2.05) is 17.5 Å². The number of ether oxygens (including phenoxy) is 1. The summed E-state index contributed by atoms with van der Waals surface area (Å²) in [5.74, 6) is 0.677. The maximum Gasteiger partial charge on any atom is 0.279 e. The van der Waals surface area contributed by atoms with E-state index in [-0.39, 0.29) is 11.6 Å². The number of thiophene rings is 1. The van der Waals surface area contributed by atoms with Crippen LogP contribution in [0.25, 0.3) is 10.6 Å². The maximum absolute atomic E-state index is 12.1. The average Bonchev–Trinajstić information content (AvgIpc) is 3.25. The van der Waals surface area contributed by atoms with E-state index in [9.17, 15) is 4.79 Å². The number of nitrogens with zero attached hydrogens (tertiary/aromatic N) is 3. The maximum atomic E-state index is 12.1. The zero-order chi connectivity index (χ0) is 15.4. The van der Waals surface area contributed by atoms with Crippen LogP contribution < -0.4 is 5.32 Å². The minimum Gasteiger partial charge on any atom is -0.383 e. The first kappa shape index (κ1) is 14.5. The Kier molecular flexibility index (Phi) is 4.31. The van der Waals surface area contributed by atoms with Crippen molar-refractivity contribution in [2.24, 2.45) is 0 Å². The number of carbonyl (C=O) groups is 1. The Bertz CT molecular complexity index is 748. The molecule has 0 spiro atoms. The number of anilines is 1. The Labute approximate surface area is 130 Å². The first-order valence-electron chi connectivity index (χ1n) is 6.60. The fourth-order valence-electron chi connectivity index (χ4n) is 1.84. The van der Waals surface area contributed by atoms with E-state index in [0.717, 1.165) is 4.88 Å². The lowest BCUT2D eigenvalue weighted by atomic mass is 10.3. The number of carbonyl (C=O) groups excluding carboxylic acids is 1. The fourth-order valence-corrected chi connectivity index (χ4v) is 2.51. The quantitative estimate of drug-likeness (QED) is 0.755. The Balaban J connectivity index is 1.65. The number of hydrogen-bond donors (Lipinski definition) is 1. The molecule has 3 rings (SSSR count). The molecular formula is C14H14N4O3S. The van der Waals surface area contributed by atoms with Crippen molar-refractivity contribution in [3.05, 3.63) is 41.5 Å². The van der Waals surface area contributed by atoms with Crippen LogP contribution in [0.1, 0.15) is 10.5 Å². The van der Waals surface area contributed by atoms with Gasteiger partial charge >= 0.3 is 0 Å². The summed E-state index contributed by atoms with van der Waals surface area (Å²) in [5.41, 5.74) is 0.217. The molecule has 0 aliphatic rings. The Hall–Kier alpha value is -2.45. The van der Waals surface area contributed by atoms with E-state index in [2.05, 4.69) is 15.6 Å². The summed E-state index contributed by atoms with van der Waals surface area (Å²) in [7, 11) is 1.63. The second-order valence-electron chi connectivity index (χ2n) is 4.46. The molecule has 0 saturated carbocycles. The van der Waals surface area contributed by atoms with Gasteiger partial charge in [-0.3, -0.25) is 9.48 Å². The molecule has 1 N–H and O–H groups in total. The summed E-state index contributed by atoms with van der Waals surface area (Å²) >= 11 is 1.52. The second kappa shape index (κ2) is 6.54. The Morgan fingerprint density at radius 3 is 3.18 bits per heavy atom. The molecule has 0 saturated heterocycles. The molecule has 8 heteroatoms. The first-order chi connectivity index (χ1) is 10.8. The smallest absolute Gasteiger partial charge is 0.279 e. The highest BCUT2D eigenvalue weighted by Gasteiger charge is 2.15. The summed E-state index contributed by atoms with van der Waals surface area (Å²) in [5, 5.41) is 12.6. The standard InChI is InChI=1S/C14H14N4O3S/c1-20-7-6-18-5-4-13(16-18)15-14(19)10-9-11(21-17-10)12-3-2-8-22-12/h2-5,8-9H,6-7H2,1H3,(H,15,16,19). The predicted molar refractivity (Wildman–Crippen MR) is 81.9 cm³/mol. The van der Waals surface area contributed by atoms with Gasteiger partial charge in [-0.25, -0.2) is 0 Å². The third kappa shape index (κ3) is 3.23. The molecule has 7 nitrogen and oxygen atoms in total. The Morgan fingerprint density at radius 1 is 1.50 bits per heavy atom. The average molecular weight is 318 g/mol. The number of amides is 1. The summed E-state index contributed by atoms with van der Waals surface area (Å²) in [6.45, 7) is 1.18. The van der Waals surface area contributed by atoms with Crippen LogP contribution in [-0.4, -0.2) is 34.6 Å². The van der Waals surface area contributed by atoms with Gasteiger partial charge in [-0.1, -0.05) is 11.2 Å². The molecular weight excluding hydrogens is 304 g/mol. The van der Waals surface area contributed by atoms with Crippen LogP contribution in [0.2, 0.25) is 0 Å². The van der Waals surface area contributed by atoms with Crippen LogP contribution in [0.15, 0.2) is 40.4 Å². The van der Waals surface area contributed by atoms with Gasteiger partial charge in [0.1, 0.15) is 0 Å². The third-order valence-corrected chi connectivity index (χ3v) is 3.80. The molecule has 114 valence electrons. The summed E-state index contributed by atoms with van der Waals surface area (Å²) in [4.78, 5) is 13.0. The molecule has 3 heterocycles. The molecule has 22 heavy (non-hydrogen) atoms. The highest BCUT2D eigenvalue weighted by molar-refractivity contribution is 7.13. The molecule has 0 bridgehead atoms. The van der Waals surface area contributed by atoms with E-state index in [0.29, 0.717) is 24.7 Å². The minimum atomic E-state index is -0.358. The van der Waals surface area contributed by atoms with Crippen LogP contribution in [-0.2, 0) is 11.3 Å². The lowest BCUT2D eigenvalue weighted by Gasteiger charge is -2.00. The van der Waals surface area contributed by atoms with Gasteiger partial charge in [0, 0.05) is 25.4 Å². The SMILES string of the molecule is COCCn1ccc(NC(=O)c2cc(-c3cccs3)on2)n1. The lowest BCUT2D eigenvalue weighted by molar-refractivity contribution is 0.101. The van der Waals surface area contributed by atoms with E-state index in [1.165, 1.54) is 11.3 Å². The van der Waals surface area contributed by atoms with Crippen LogP contribution in [0.3, 0.4) is 0 Å². The number of nitrogens with one attached hydrogen (secondary N) is 1. The molecule has 3 aromatic heterocycles. The molecule has 0 radical (unpaired) electrons. The van der Waals surface area contributed by atoms with Crippen molar-refractivity contribution in [3.8, 4) is 10.6 Å². The van der Waals surface area contributed by atoms with Crippen molar-refractivity contribution in [2.45, 2.75) is 6.54 Å². The van der Waals surface area contributed by atoms with Crippen molar-refractivity contribution >= 4 is 23.1 Å². The lowest BCUT2D eigenvalue weighted by Crippen LogP contribution is -2.13. The number of rotatable bonds is 6. The van der Waals surface area contributed by atoms with Gasteiger partial charge in [-0.05, 0) is 11.4 Å². The van der Waals surface area contributed by atoms with Crippen LogP contribution in [0.5, 0.6) is 0 Å². The van der Waals surface area contributed by atoms with Crippen LogP contribution in [0.4, 0.5) is 5.82 Å². The highest BCUT2D eigenvalue weighted by atomic mass is 32.1. The zero-order valence-electron chi connectivity index (χ0n) is 11.9. The largest absolute Gasteiger partial charge is 0.383 e. The summed E-state index contributed by atoms with van der Waals surface area (Å²) < 4.78 is 11.9. The van der Waals surface area contributed by atoms with E-state index >= 15 is 0 Å². The van der Waals surface area contributed by atoms with Gasteiger partial charge in [0.15, 0.2) is 17.3 Å². The number of methoxy groups -OCH3 is 1. The molecule has 0 unspecified atom stereocenters. The van der Waals surface area contributed by atoms with Crippen LogP contribution >= 0.6 is 11.3 Å². The molecule has 0 aromatic carbocycles. The second-order valence-corrected chi connectivity index (χ2v) is 5.41. The van der Waals surface area contributed by atoms with Gasteiger partial charge < -0.3 is 14.6 Å². The normalized spacial score (nSPS) is 10.8. The molecule has 0 aliphatic heterocycles. The third-order valence-electron chi connectivity index (χ3n) is 2.91. The molecule has 3 aromatic rings. The highest BCUT2D eigenvalue weighted by Crippen LogP contribution is 2.25. The first-order valence-corrected chi connectivity index (χ1v) is 7.48. The van der Waals surface area contributed by atoms with E-state index in [4.69, 9.17) is 9.26 Å². The van der Waals surface area contributed by atoms with E-state index < -0.39 is 0 Å². The summed E-state index contributed by atoms with van der Waals surface area (Å²) in [6, 6.07) is 7.15. The van der Waals surface area contributed by atoms with Crippen molar-refractivity contribution in [3.63, 3.8) is 0 Å². The molecule has 0 atom stereocenters.